The van der Waals surface area contributed by atoms with Crippen LogP contribution in [0.5, 0.6) is 0 Å². The van der Waals surface area contributed by atoms with E-state index < -0.39 is 0 Å². The maximum absolute atomic E-state index is 4.20. The van der Waals surface area contributed by atoms with Gasteiger partial charge >= 0.3 is 29.6 Å². The van der Waals surface area contributed by atoms with Crippen molar-refractivity contribution in [3.8, 4) is 11.4 Å². The van der Waals surface area contributed by atoms with Crippen molar-refractivity contribution in [1.82, 2.24) is 9.97 Å². The number of nitrogens with zero attached hydrogens (tertiary/aromatic N) is 1. The van der Waals surface area contributed by atoms with E-state index in [4.69, 9.17) is 0 Å². The summed E-state index contributed by atoms with van der Waals surface area (Å²) >= 11 is 4.20. The molecule has 0 aliphatic heterocycles. The maximum atomic E-state index is 4.20. The summed E-state index contributed by atoms with van der Waals surface area (Å²) in [4.78, 5) is 8.14. The molecule has 0 amide bonds. The van der Waals surface area contributed by atoms with Gasteiger partial charge in [0.15, 0.2) is 0 Å². The summed E-state index contributed by atoms with van der Waals surface area (Å²) in [5.74, 6) is 0.892. The first-order chi connectivity index (χ1) is 5.86. The minimum Gasteiger partial charge on any atom is -1.00 e. The SMILES string of the molecule is Sc1ccc(-c2ncc[nH]2)cc1.[H-].[Na+]. The summed E-state index contributed by atoms with van der Waals surface area (Å²) in [6.45, 7) is 0. The number of H-pyrrole nitrogens is 1. The Balaban J connectivity index is 0.000000845. The summed E-state index contributed by atoms with van der Waals surface area (Å²) in [6, 6.07) is 7.87. The van der Waals surface area contributed by atoms with Crippen LogP contribution in [0.25, 0.3) is 11.4 Å². The molecule has 0 atom stereocenters. The second kappa shape index (κ2) is 4.86. The van der Waals surface area contributed by atoms with Crippen molar-refractivity contribution >= 4 is 12.6 Å². The first kappa shape index (κ1) is 10.9. The third-order valence-electron chi connectivity index (χ3n) is 1.64. The van der Waals surface area contributed by atoms with Crippen molar-refractivity contribution in [2.75, 3.05) is 0 Å². The standard InChI is InChI=1S/C9H8N2S.Na.H/c12-8-3-1-7(2-4-8)9-10-5-6-11-9;;/h1-6,12H,(H,10,11);;/q;+1;-1. The van der Waals surface area contributed by atoms with Gasteiger partial charge in [0.1, 0.15) is 5.82 Å². The van der Waals surface area contributed by atoms with Crippen molar-refractivity contribution in [2.45, 2.75) is 4.90 Å². The Hall–Kier alpha value is -0.220. The number of aromatic nitrogens is 2. The Morgan fingerprint density at radius 1 is 1.23 bits per heavy atom. The summed E-state index contributed by atoms with van der Waals surface area (Å²) in [5.41, 5.74) is 1.08. The first-order valence-electron chi connectivity index (χ1n) is 3.65. The van der Waals surface area contributed by atoms with Crippen LogP contribution in [0.4, 0.5) is 0 Å². The maximum Gasteiger partial charge on any atom is 1.00 e. The van der Waals surface area contributed by atoms with Crippen molar-refractivity contribution in [2.24, 2.45) is 0 Å². The predicted octanol–water partition coefficient (Wildman–Crippen LogP) is -0.518. The molecule has 1 heterocycles. The molecule has 2 nitrogen and oxygen atoms in total. The van der Waals surface area contributed by atoms with Crippen LogP contribution in [0, 0.1) is 0 Å². The monoisotopic (exact) mass is 200 g/mol. The smallest absolute Gasteiger partial charge is 1.00 e. The number of nitrogens with one attached hydrogen (secondary N) is 1. The first-order valence-corrected chi connectivity index (χ1v) is 4.10. The van der Waals surface area contributed by atoms with E-state index in [2.05, 4.69) is 22.6 Å². The number of rotatable bonds is 1. The van der Waals surface area contributed by atoms with E-state index in [1.165, 1.54) is 0 Å². The molecule has 0 aliphatic rings. The Morgan fingerprint density at radius 3 is 2.46 bits per heavy atom. The van der Waals surface area contributed by atoms with Crippen LogP contribution in [0.1, 0.15) is 1.43 Å². The van der Waals surface area contributed by atoms with Crippen molar-refractivity contribution < 1.29 is 31.0 Å². The quantitative estimate of drug-likeness (QED) is 0.471. The molecule has 0 saturated carbocycles. The van der Waals surface area contributed by atoms with Gasteiger partial charge in [0, 0.05) is 22.9 Å². The number of imidazole rings is 1. The molecular weight excluding hydrogens is 191 g/mol. The number of aromatic amines is 1. The second-order valence-electron chi connectivity index (χ2n) is 2.48. The molecule has 62 valence electrons. The summed E-state index contributed by atoms with van der Waals surface area (Å²) in [7, 11) is 0. The zero-order valence-electron chi connectivity index (χ0n) is 8.36. The molecule has 13 heavy (non-hydrogen) atoms. The molecule has 1 aromatic heterocycles. The minimum atomic E-state index is 0. The topological polar surface area (TPSA) is 28.7 Å². The molecule has 1 aromatic carbocycles. The fraction of sp³-hybridized carbons (Fsp3) is 0. The largest absolute Gasteiger partial charge is 1.00 e. The zero-order chi connectivity index (χ0) is 8.39. The van der Waals surface area contributed by atoms with Crippen LogP contribution >= 0.6 is 12.6 Å². The van der Waals surface area contributed by atoms with Crippen molar-refractivity contribution in [1.29, 1.82) is 0 Å². The van der Waals surface area contributed by atoms with E-state index in [9.17, 15) is 0 Å². The normalized spacial score (nSPS) is 9.31. The fourth-order valence-corrected chi connectivity index (χ4v) is 1.19. The zero-order valence-corrected chi connectivity index (χ0v) is 10.3. The second-order valence-corrected chi connectivity index (χ2v) is 3.00. The van der Waals surface area contributed by atoms with Gasteiger partial charge in [0.25, 0.3) is 0 Å². The molecule has 0 bridgehead atoms. The van der Waals surface area contributed by atoms with E-state index in [0.717, 1.165) is 16.3 Å². The van der Waals surface area contributed by atoms with Crippen molar-refractivity contribution in [3.05, 3.63) is 36.7 Å². The summed E-state index contributed by atoms with van der Waals surface area (Å²) in [6.07, 6.45) is 3.55. The van der Waals surface area contributed by atoms with Crippen LogP contribution in [0.15, 0.2) is 41.6 Å². The van der Waals surface area contributed by atoms with Gasteiger partial charge in [-0.2, -0.15) is 0 Å². The van der Waals surface area contributed by atoms with Crippen LogP contribution in [0.3, 0.4) is 0 Å². The van der Waals surface area contributed by atoms with Crippen LogP contribution in [0.2, 0.25) is 0 Å². The van der Waals surface area contributed by atoms with Gasteiger partial charge in [0.2, 0.25) is 0 Å². The summed E-state index contributed by atoms with van der Waals surface area (Å²) in [5, 5.41) is 0. The fourth-order valence-electron chi connectivity index (χ4n) is 1.04. The molecule has 0 radical (unpaired) electrons. The molecule has 4 heteroatoms. The van der Waals surface area contributed by atoms with Gasteiger partial charge in [-0.1, -0.05) is 12.1 Å². The molecular formula is C9H9N2NaS. The van der Waals surface area contributed by atoms with E-state index in [1.807, 2.05) is 30.5 Å². The van der Waals surface area contributed by atoms with E-state index >= 15 is 0 Å². The Labute approximate surface area is 106 Å². The molecule has 1 N–H and O–H groups in total. The molecule has 0 spiro atoms. The molecule has 0 aliphatic carbocycles. The minimum absolute atomic E-state index is 0. The van der Waals surface area contributed by atoms with E-state index in [-0.39, 0.29) is 31.0 Å². The predicted molar refractivity (Wildman–Crippen MR) is 52.4 cm³/mol. The number of benzene rings is 1. The van der Waals surface area contributed by atoms with E-state index in [0.29, 0.717) is 0 Å². The Bertz CT molecular complexity index is 361. The van der Waals surface area contributed by atoms with E-state index in [1.54, 1.807) is 6.20 Å². The molecule has 0 unspecified atom stereocenters. The molecule has 2 rings (SSSR count). The number of hydrogen-bond acceptors (Lipinski definition) is 2. The van der Waals surface area contributed by atoms with Gasteiger partial charge in [0.05, 0.1) is 0 Å². The van der Waals surface area contributed by atoms with Gasteiger partial charge in [-0.15, -0.1) is 12.6 Å². The number of thiol groups is 1. The average molecular weight is 200 g/mol. The summed E-state index contributed by atoms with van der Waals surface area (Å²) < 4.78 is 0. The van der Waals surface area contributed by atoms with Gasteiger partial charge in [-0.05, 0) is 12.1 Å². The Morgan fingerprint density at radius 2 is 1.92 bits per heavy atom. The molecule has 0 fully saturated rings. The average Bonchev–Trinajstić information content (AvgIpc) is 2.58. The van der Waals surface area contributed by atoms with Crippen LogP contribution < -0.4 is 29.6 Å². The van der Waals surface area contributed by atoms with Gasteiger partial charge < -0.3 is 6.41 Å². The van der Waals surface area contributed by atoms with Crippen LogP contribution in [-0.2, 0) is 0 Å². The third-order valence-corrected chi connectivity index (χ3v) is 1.94. The molecule has 2 aromatic rings. The number of hydrogen-bond donors (Lipinski definition) is 2. The van der Waals surface area contributed by atoms with Crippen molar-refractivity contribution in [3.63, 3.8) is 0 Å². The van der Waals surface area contributed by atoms with Gasteiger partial charge in [-0.25, -0.2) is 4.98 Å². The third kappa shape index (κ3) is 2.61. The van der Waals surface area contributed by atoms with Gasteiger partial charge in [-0.3, -0.25) is 0 Å². The van der Waals surface area contributed by atoms with Crippen LogP contribution in [-0.4, -0.2) is 9.97 Å². The molecule has 0 saturated heterocycles. The Kier molecular flexibility index (Phi) is 4.06.